The van der Waals surface area contributed by atoms with Crippen LogP contribution in [0.4, 0.5) is 0 Å². The number of rotatable bonds is 4. The number of methoxy groups -OCH3 is 1. The molecule has 0 aromatic carbocycles. The number of aliphatic hydroxyl groups is 1. The average Bonchev–Trinajstić information content (AvgIpc) is 2.47. The van der Waals surface area contributed by atoms with E-state index in [1.165, 1.54) is 0 Å². The van der Waals surface area contributed by atoms with Crippen LogP contribution in [0.15, 0.2) is 18.5 Å². The van der Waals surface area contributed by atoms with Crippen molar-refractivity contribution in [3.8, 4) is 5.75 Å². The summed E-state index contributed by atoms with van der Waals surface area (Å²) in [5.41, 5.74) is 0.646. The van der Waals surface area contributed by atoms with Gasteiger partial charge in [-0.1, -0.05) is 6.92 Å². The van der Waals surface area contributed by atoms with Crippen LogP contribution >= 0.6 is 0 Å². The van der Waals surface area contributed by atoms with Crippen molar-refractivity contribution in [1.82, 2.24) is 9.88 Å². The number of likely N-dealkylation sites (N-methyl/N-ethyl adjacent to an activating group) is 1. The first-order valence-electron chi connectivity index (χ1n) is 7.34. The lowest BCUT2D eigenvalue weighted by atomic mass is 9.71. The first-order valence-corrected chi connectivity index (χ1v) is 7.34. The highest BCUT2D eigenvalue weighted by Gasteiger charge is 2.43. The van der Waals surface area contributed by atoms with Gasteiger partial charge in [0.25, 0.3) is 0 Å². The Balaban J connectivity index is 2.29. The minimum absolute atomic E-state index is 0.194. The Morgan fingerprint density at radius 1 is 1.35 bits per heavy atom. The molecule has 1 aliphatic carbocycles. The molecule has 0 aliphatic heterocycles. The monoisotopic (exact) mass is 278 g/mol. The topological polar surface area (TPSA) is 45.6 Å². The van der Waals surface area contributed by atoms with Crippen molar-refractivity contribution in [3.05, 3.63) is 24.0 Å². The molecule has 2 rings (SSSR count). The molecule has 112 valence electrons. The minimum Gasteiger partial charge on any atom is -0.495 e. The number of pyridine rings is 1. The maximum Gasteiger partial charge on any atom is 0.137 e. The van der Waals surface area contributed by atoms with E-state index in [-0.39, 0.29) is 5.54 Å². The third-order valence-corrected chi connectivity index (χ3v) is 4.83. The summed E-state index contributed by atoms with van der Waals surface area (Å²) in [6, 6.07) is 1.89. The van der Waals surface area contributed by atoms with E-state index in [0.29, 0.717) is 5.75 Å². The third kappa shape index (κ3) is 2.81. The van der Waals surface area contributed by atoms with Gasteiger partial charge in [0.1, 0.15) is 5.75 Å². The lowest BCUT2D eigenvalue weighted by molar-refractivity contribution is -0.0410. The quantitative estimate of drug-likeness (QED) is 0.919. The molecule has 1 N–H and O–H groups in total. The zero-order valence-corrected chi connectivity index (χ0v) is 13.0. The molecule has 1 heterocycles. The normalized spacial score (nSPS) is 28.4. The molecule has 0 amide bonds. The van der Waals surface area contributed by atoms with Crippen molar-refractivity contribution < 1.29 is 9.84 Å². The molecule has 4 heteroatoms. The van der Waals surface area contributed by atoms with Crippen LogP contribution < -0.4 is 4.74 Å². The summed E-state index contributed by atoms with van der Waals surface area (Å²) >= 11 is 0. The maximum atomic E-state index is 10.9. The molecule has 20 heavy (non-hydrogen) atoms. The van der Waals surface area contributed by atoms with Crippen molar-refractivity contribution >= 4 is 0 Å². The Morgan fingerprint density at radius 3 is 2.55 bits per heavy atom. The van der Waals surface area contributed by atoms with E-state index in [4.69, 9.17) is 4.74 Å². The molecular formula is C16H26N2O2. The molecule has 0 spiro atoms. The van der Waals surface area contributed by atoms with E-state index >= 15 is 0 Å². The Morgan fingerprint density at radius 2 is 2.00 bits per heavy atom. The Labute approximate surface area is 121 Å². The standard InChI is InChI=1S/C16H26N2O2/c1-12-5-7-16(8-6-12,18(2)3)15(19)13-9-14(20-4)11-17-10-13/h9-12,15,19H,5-8H2,1-4H3. The van der Waals surface area contributed by atoms with Gasteiger partial charge in [0, 0.05) is 11.8 Å². The van der Waals surface area contributed by atoms with Gasteiger partial charge in [0.15, 0.2) is 0 Å². The van der Waals surface area contributed by atoms with E-state index in [1.807, 2.05) is 6.07 Å². The third-order valence-electron chi connectivity index (χ3n) is 4.83. The highest BCUT2D eigenvalue weighted by atomic mass is 16.5. The van der Waals surface area contributed by atoms with Gasteiger partial charge in [0.2, 0.25) is 0 Å². The number of aliphatic hydroxyl groups excluding tert-OH is 1. The zero-order chi connectivity index (χ0) is 14.8. The van der Waals surface area contributed by atoms with Crippen LogP contribution in [0.2, 0.25) is 0 Å². The Kier molecular flexibility index (Phi) is 4.66. The largest absolute Gasteiger partial charge is 0.495 e. The van der Waals surface area contributed by atoms with Crippen LogP contribution in [-0.2, 0) is 0 Å². The van der Waals surface area contributed by atoms with E-state index < -0.39 is 6.10 Å². The summed E-state index contributed by atoms with van der Waals surface area (Å²) < 4.78 is 5.22. The molecule has 1 unspecified atom stereocenters. The predicted molar refractivity (Wildman–Crippen MR) is 79.8 cm³/mol. The van der Waals surface area contributed by atoms with E-state index in [2.05, 4.69) is 30.9 Å². The van der Waals surface area contributed by atoms with Gasteiger partial charge in [-0.3, -0.25) is 4.98 Å². The summed E-state index contributed by atoms with van der Waals surface area (Å²) in [5.74, 6) is 1.44. The zero-order valence-electron chi connectivity index (χ0n) is 13.0. The second kappa shape index (κ2) is 6.10. The highest BCUT2D eigenvalue weighted by molar-refractivity contribution is 5.27. The van der Waals surface area contributed by atoms with Gasteiger partial charge in [-0.2, -0.15) is 0 Å². The second-order valence-corrected chi connectivity index (χ2v) is 6.24. The highest BCUT2D eigenvalue weighted by Crippen LogP contribution is 2.43. The van der Waals surface area contributed by atoms with Crippen molar-refractivity contribution in [2.75, 3.05) is 21.2 Å². The van der Waals surface area contributed by atoms with Gasteiger partial charge in [-0.15, -0.1) is 0 Å². The van der Waals surface area contributed by atoms with Crippen LogP contribution in [-0.4, -0.2) is 41.7 Å². The summed E-state index contributed by atoms with van der Waals surface area (Å²) in [6.07, 6.45) is 7.23. The summed E-state index contributed by atoms with van der Waals surface area (Å²) in [4.78, 5) is 6.36. The summed E-state index contributed by atoms with van der Waals surface area (Å²) in [6.45, 7) is 2.29. The van der Waals surface area contributed by atoms with E-state index in [0.717, 1.165) is 37.2 Å². The molecule has 1 aromatic heterocycles. The molecule has 0 bridgehead atoms. The maximum absolute atomic E-state index is 10.9. The van der Waals surface area contributed by atoms with Crippen LogP contribution in [0.25, 0.3) is 0 Å². The number of nitrogens with zero attached hydrogens (tertiary/aromatic N) is 2. The fourth-order valence-corrected chi connectivity index (χ4v) is 3.23. The summed E-state index contributed by atoms with van der Waals surface area (Å²) in [7, 11) is 5.75. The molecule has 1 atom stereocenters. The number of hydrogen-bond donors (Lipinski definition) is 1. The Bertz CT molecular complexity index is 440. The van der Waals surface area contributed by atoms with Crippen molar-refractivity contribution in [2.24, 2.45) is 5.92 Å². The van der Waals surface area contributed by atoms with Gasteiger partial charge in [0.05, 0.1) is 24.9 Å². The van der Waals surface area contributed by atoms with Crippen LogP contribution in [0.5, 0.6) is 5.75 Å². The number of ether oxygens (including phenoxy) is 1. The number of aromatic nitrogens is 1. The Hall–Kier alpha value is -1.13. The lowest BCUT2D eigenvalue weighted by Gasteiger charge is -2.47. The minimum atomic E-state index is -0.535. The van der Waals surface area contributed by atoms with Crippen LogP contribution in [0.1, 0.15) is 44.3 Å². The van der Waals surface area contributed by atoms with Gasteiger partial charge in [-0.25, -0.2) is 0 Å². The van der Waals surface area contributed by atoms with Crippen LogP contribution in [0, 0.1) is 5.92 Å². The molecule has 1 fully saturated rings. The first kappa shape index (κ1) is 15.3. The van der Waals surface area contributed by atoms with Crippen molar-refractivity contribution in [3.63, 3.8) is 0 Å². The number of hydrogen-bond acceptors (Lipinski definition) is 4. The van der Waals surface area contributed by atoms with Gasteiger partial charge >= 0.3 is 0 Å². The van der Waals surface area contributed by atoms with Crippen molar-refractivity contribution in [2.45, 2.75) is 44.2 Å². The molecule has 1 aliphatic rings. The van der Waals surface area contributed by atoms with E-state index in [1.54, 1.807) is 19.5 Å². The van der Waals surface area contributed by atoms with Crippen LogP contribution in [0.3, 0.4) is 0 Å². The van der Waals surface area contributed by atoms with E-state index in [9.17, 15) is 5.11 Å². The lowest BCUT2D eigenvalue weighted by Crippen LogP contribution is -2.51. The molecule has 4 nitrogen and oxygen atoms in total. The first-order chi connectivity index (χ1) is 9.49. The summed E-state index contributed by atoms with van der Waals surface area (Å²) in [5, 5.41) is 10.9. The average molecular weight is 278 g/mol. The fourth-order valence-electron chi connectivity index (χ4n) is 3.23. The SMILES string of the molecule is COc1cncc(C(O)C2(N(C)C)CCC(C)CC2)c1. The smallest absolute Gasteiger partial charge is 0.137 e. The molecule has 0 saturated heterocycles. The van der Waals surface area contributed by atoms with Gasteiger partial charge < -0.3 is 14.7 Å². The second-order valence-electron chi connectivity index (χ2n) is 6.24. The molecule has 1 saturated carbocycles. The predicted octanol–water partition coefficient (Wildman–Crippen LogP) is 2.63. The molecular weight excluding hydrogens is 252 g/mol. The van der Waals surface area contributed by atoms with Crippen molar-refractivity contribution in [1.29, 1.82) is 0 Å². The molecule has 0 radical (unpaired) electrons. The molecule has 1 aromatic rings. The fraction of sp³-hybridized carbons (Fsp3) is 0.688. The van der Waals surface area contributed by atoms with Gasteiger partial charge in [-0.05, 0) is 51.8 Å².